The largest absolute Gasteiger partial charge is 0.467 e. The van der Waals surface area contributed by atoms with Gasteiger partial charge in [-0.3, -0.25) is 4.79 Å². The summed E-state index contributed by atoms with van der Waals surface area (Å²) in [5.74, 6) is 2.31. The highest BCUT2D eigenvalue weighted by Crippen LogP contribution is 2.25. The Bertz CT molecular complexity index is 493. The number of nitrogens with one attached hydrogen (secondary N) is 3. The topological polar surface area (TPSA) is 78.7 Å². The molecule has 1 heterocycles. The number of aliphatic imine (C=N–C) groups is 1. The van der Waals surface area contributed by atoms with E-state index in [9.17, 15) is 4.79 Å². The van der Waals surface area contributed by atoms with Crippen molar-refractivity contribution >= 4 is 11.9 Å². The second kappa shape index (κ2) is 10.7. The zero-order valence-corrected chi connectivity index (χ0v) is 14.6. The van der Waals surface area contributed by atoms with Crippen LogP contribution in [0, 0.1) is 5.92 Å². The van der Waals surface area contributed by atoms with E-state index < -0.39 is 0 Å². The van der Waals surface area contributed by atoms with Crippen molar-refractivity contribution in [3.8, 4) is 0 Å². The van der Waals surface area contributed by atoms with E-state index >= 15 is 0 Å². The summed E-state index contributed by atoms with van der Waals surface area (Å²) in [7, 11) is 0. The average Bonchev–Trinajstić information content (AvgIpc) is 3.11. The summed E-state index contributed by atoms with van der Waals surface area (Å²) in [6, 6.07) is 3.76. The Morgan fingerprint density at radius 3 is 2.71 bits per heavy atom. The number of nitrogens with zero attached hydrogens (tertiary/aromatic N) is 1. The van der Waals surface area contributed by atoms with Gasteiger partial charge in [-0.2, -0.15) is 0 Å². The Morgan fingerprint density at radius 2 is 2.00 bits per heavy atom. The lowest BCUT2D eigenvalue weighted by Crippen LogP contribution is -2.41. The molecule has 0 bridgehead atoms. The fourth-order valence-corrected chi connectivity index (χ4v) is 3.01. The first kappa shape index (κ1) is 18.4. The second-order valence-electron chi connectivity index (χ2n) is 6.26. The van der Waals surface area contributed by atoms with Gasteiger partial charge in [0, 0.05) is 26.1 Å². The summed E-state index contributed by atoms with van der Waals surface area (Å²) < 4.78 is 5.27. The van der Waals surface area contributed by atoms with E-state index in [-0.39, 0.29) is 5.91 Å². The molecule has 6 nitrogen and oxygen atoms in total. The van der Waals surface area contributed by atoms with Gasteiger partial charge >= 0.3 is 0 Å². The first-order valence-corrected chi connectivity index (χ1v) is 9.09. The highest BCUT2D eigenvalue weighted by Gasteiger charge is 2.16. The minimum atomic E-state index is 0.168. The van der Waals surface area contributed by atoms with Crippen LogP contribution >= 0.6 is 0 Å². The van der Waals surface area contributed by atoms with Gasteiger partial charge < -0.3 is 20.4 Å². The van der Waals surface area contributed by atoms with Crippen LogP contribution in [0.4, 0.5) is 0 Å². The minimum absolute atomic E-state index is 0.168. The number of carbonyl (C=O) groups is 1. The maximum Gasteiger partial charge on any atom is 0.220 e. The third kappa shape index (κ3) is 7.06. The summed E-state index contributed by atoms with van der Waals surface area (Å²) in [6.45, 7) is 4.57. The van der Waals surface area contributed by atoms with Crippen LogP contribution in [0.1, 0.15) is 51.2 Å². The van der Waals surface area contributed by atoms with Crippen molar-refractivity contribution in [3.63, 3.8) is 0 Å². The first-order chi connectivity index (χ1) is 11.8. The summed E-state index contributed by atoms with van der Waals surface area (Å²) in [4.78, 5) is 16.4. The predicted molar refractivity (Wildman–Crippen MR) is 95.7 cm³/mol. The lowest BCUT2D eigenvalue weighted by molar-refractivity contribution is -0.122. The van der Waals surface area contributed by atoms with E-state index in [0.29, 0.717) is 32.0 Å². The molecule has 134 valence electrons. The van der Waals surface area contributed by atoms with E-state index in [1.165, 1.54) is 32.1 Å². The quantitative estimate of drug-likeness (QED) is 0.387. The number of amides is 1. The van der Waals surface area contributed by atoms with Crippen molar-refractivity contribution in [2.24, 2.45) is 10.9 Å². The molecule has 0 saturated heterocycles. The number of furan rings is 1. The van der Waals surface area contributed by atoms with Crippen molar-refractivity contribution in [2.45, 2.75) is 52.0 Å². The van der Waals surface area contributed by atoms with Crippen molar-refractivity contribution in [1.29, 1.82) is 0 Å². The third-order valence-corrected chi connectivity index (χ3v) is 4.26. The van der Waals surface area contributed by atoms with E-state index in [0.717, 1.165) is 18.3 Å². The van der Waals surface area contributed by atoms with Crippen LogP contribution in [0.2, 0.25) is 0 Å². The predicted octanol–water partition coefficient (Wildman–Crippen LogP) is 2.42. The zero-order chi connectivity index (χ0) is 17.0. The Balaban J connectivity index is 1.62. The van der Waals surface area contributed by atoms with Gasteiger partial charge in [0.15, 0.2) is 5.96 Å². The van der Waals surface area contributed by atoms with Crippen LogP contribution in [-0.4, -0.2) is 31.5 Å². The molecule has 0 spiro atoms. The molecule has 0 unspecified atom stereocenters. The van der Waals surface area contributed by atoms with Gasteiger partial charge in [0.25, 0.3) is 0 Å². The average molecular weight is 334 g/mol. The molecule has 24 heavy (non-hydrogen) atoms. The Morgan fingerprint density at radius 1 is 1.21 bits per heavy atom. The lowest BCUT2D eigenvalue weighted by atomic mass is 9.87. The van der Waals surface area contributed by atoms with Crippen LogP contribution < -0.4 is 16.0 Å². The normalized spacial score (nSPS) is 16.0. The molecular formula is C18H30N4O2. The number of guanidine groups is 1. The highest BCUT2D eigenvalue weighted by molar-refractivity contribution is 5.80. The molecule has 6 heteroatoms. The van der Waals surface area contributed by atoms with E-state index in [4.69, 9.17) is 4.42 Å². The Labute approximate surface area is 144 Å². The molecule has 2 rings (SSSR count). The van der Waals surface area contributed by atoms with Crippen LogP contribution in [0.15, 0.2) is 27.8 Å². The molecule has 0 atom stereocenters. The molecular weight excluding hydrogens is 304 g/mol. The molecule has 1 aromatic rings. The van der Waals surface area contributed by atoms with Crippen LogP contribution in [0.3, 0.4) is 0 Å². The highest BCUT2D eigenvalue weighted by atomic mass is 16.3. The summed E-state index contributed by atoms with van der Waals surface area (Å²) >= 11 is 0. The summed E-state index contributed by atoms with van der Waals surface area (Å²) in [5.41, 5.74) is 0. The fourth-order valence-electron chi connectivity index (χ4n) is 3.01. The molecule has 1 aromatic heterocycles. The molecule has 1 saturated carbocycles. The summed E-state index contributed by atoms with van der Waals surface area (Å²) in [6.07, 6.45) is 8.60. The number of carbonyl (C=O) groups excluding carboxylic acids is 1. The van der Waals surface area contributed by atoms with Crippen molar-refractivity contribution in [2.75, 3.05) is 19.6 Å². The molecule has 1 amide bonds. The fraction of sp³-hybridized carbons (Fsp3) is 0.667. The second-order valence-corrected chi connectivity index (χ2v) is 6.26. The van der Waals surface area contributed by atoms with E-state index in [2.05, 4.69) is 20.9 Å². The molecule has 1 fully saturated rings. The van der Waals surface area contributed by atoms with Gasteiger partial charge in [0.2, 0.25) is 5.91 Å². The van der Waals surface area contributed by atoms with Gasteiger partial charge in [-0.05, 0) is 37.8 Å². The minimum Gasteiger partial charge on any atom is -0.467 e. The molecule has 0 aromatic carbocycles. The van der Waals surface area contributed by atoms with Gasteiger partial charge in [-0.25, -0.2) is 4.99 Å². The number of rotatable bonds is 8. The van der Waals surface area contributed by atoms with E-state index in [1.807, 2.05) is 19.1 Å². The Kier molecular flexibility index (Phi) is 8.21. The SMILES string of the molecule is CCNC(=NCc1ccco1)NCCNC(=O)CC1CCCCC1. The van der Waals surface area contributed by atoms with Crippen LogP contribution in [-0.2, 0) is 11.3 Å². The zero-order valence-electron chi connectivity index (χ0n) is 14.6. The lowest BCUT2D eigenvalue weighted by Gasteiger charge is -2.20. The standard InChI is InChI=1S/C18H30N4O2/c1-2-19-18(22-14-16-9-6-12-24-16)21-11-10-20-17(23)13-15-7-4-3-5-8-15/h6,9,12,15H,2-5,7-8,10-11,13-14H2,1H3,(H,20,23)(H2,19,21,22). The van der Waals surface area contributed by atoms with Gasteiger partial charge in [0.1, 0.15) is 12.3 Å². The smallest absolute Gasteiger partial charge is 0.220 e. The van der Waals surface area contributed by atoms with Gasteiger partial charge in [-0.1, -0.05) is 19.3 Å². The molecule has 1 aliphatic carbocycles. The van der Waals surface area contributed by atoms with Crippen LogP contribution in [0.25, 0.3) is 0 Å². The van der Waals surface area contributed by atoms with Crippen molar-refractivity contribution < 1.29 is 9.21 Å². The number of hydrogen-bond donors (Lipinski definition) is 3. The van der Waals surface area contributed by atoms with Crippen molar-refractivity contribution in [1.82, 2.24) is 16.0 Å². The summed E-state index contributed by atoms with van der Waals surface area (Å²) in [5, 5.41) is 9.40. The molecule has 0 aliphatic heterocycles. The molecule has 1 aliphatic rings. The maximum atomic E-state index is 12.0. The van der Waals surface area contributed by atoms with Gasteiger partial charge in [-0.15, -0.1) is 0 Å². The van der Waals surface area contributed by atoms with E-state index in [1.54, 1.807) is 6.26 Å². The monoisotopic (exact) mass is 334 g/mol. The maximum absolute atomic E-state index is 12.0. The van der Waals surface area contributed by atoms with Crippen molar-refractivity contribution in [3.05, 3.63) is 24.2 Å². The number of hydrogen-bond acceptors (Lipinski definition) is 3. The van der Waals surface area contributed by atoms with Crippen LogP contribution in [0.5, 0.6) is 0 Å². The molecule has 3 N–H and O–H groups in total. The van der Waals surface area contributed by atoms with Gasteiger partial charge in [0.05, 0.1) is 6.26 Å². The molecule has 0 radical (unpaired) electrons. The Hall–Kier alpha value is -1.98. The first-order valence-electron chi connectivity index (χ1n) is 9.09. The third-order valence-electron chi connectivity index (χ3n) is 4.26.